The minimum absolute atomic E-state index is 0.115. The van der Waals surface area contributed by atoms with Crippen molar-refractivity contribution in [1.29, 1.82) is 0 Å². The van der Waals surface area contributed by atoms with Gasteiger partial charge in [0.05, 0.1) is 0 Å². The van der Waals surface area contributed by atoms with E-state index in [9.17, 15) is 24.5 Å². The van der Waals surface area contributed by atoms with Crippen molar-refractivity contribution < 1.29 is 33.8 Å². The first-order valence-electron chi connectivity index (χ1n) is 8.10. The molecule has 0 rings (SSSR count). The molecule has 0 aromatic rings. The van der Waals surface area contributed by atoms with E-state index in [0.717, 1.165) is 0 Å². The van der Waals surface area contributed by atoms with Crippen molar-refractivity contribution in [3.05, 3.63) is 10.1 Å². The van der Waals surface area contributed by atoms with Crippen LogP contribution in [0.5, 0.6) is 0 Å². The lowest BCUT2D eigenvalue weighted by Gasteiger charge is -2.23. The predicted octanol–water partition coefficient (Wildman–Crippen LogP) is 1.87. The van der Waals surface area contributed by atoms with Gasteiger partial charge in [-0.1, -0.05) is 0 Å². The van der Waals surface area contributed by atoms with Crippen LogP contribution in [0.3, 0.4) is 0 Å². The second kappa shape index (κ2) is 10.8. The van der Waals surface area contributed by atoms with E-state index in [0.29, 0.717) is 11.8 Å². The predicted molar refractivity (Wildman–Crippen MR) is 97.8 cm³/mol. The molecule has 12 heteroatoms. The average Bonchev–Trinajstić information content (AvgIpc) is 2.43. The molecule has 0 saturated carbocycles. The Hall–Kier alpha value is -2.24. The maximum atomic E-state index is 12.2. The molecule has 1 atom stereocenters. The highest BCUT2D eigenvalue weighted by Gasteiger charge is 2.26. The van der Waals surface area contributed by atoms with E-state index >= 15 is 0 Å². The standard InChI is InChI=1S/C15H27N3O8S/c1-14(2,3)25-12(20)17-10(9-27-13(21)26-15(4,5)6)11(19)16-7-8-24-18(22)23/h10H,7-9H2,1-6H3,(H,16,19)(H,17,20)/t10-/m0/s1. The van der Waals surface area contributed by atoms with E-state index in [1.807, 2.05) is 0 Å². The number of amides is 2. The van der Waals surface area contributed by atoms with Gasteiger partial charge in [0.25, 0.3) is 5.09 Å². The lowest BCUT2D eigenvalue weighted by Crippen LogP contribution is -2.50. The molecule has 0 aliphatic carbocycles. The molecule has 11 nitrogen and oxygen atoms in total. The second-order valence-corrected chi connectivity index (χ2v) is 8.28. The van der Waals surface area contributed by atoms with Crippen LogP contribution < -0.4 is 10.6 Å². The third-order valence-corrected chi connectivity index (χ3v) is 3.18. The van der Waals surface area contributed by atoms with E-state index in [1.165, 1.54) is 0 Å². The molecule has 2 N–H and O–H groups in total. The Bertz CT molecular complexity index is 542. The number of nitrogens with one attached hydrogen (secondary N) is 2. The van der Waals surface area contributed by atoms with Crippen LogP contribution in [0, 0.1) is 10.1 Å². The lowest BCUT2D eigenvalue weighted by atomic mass is 10.2. The molecule has 0 radical (unpaired) electrons. The number of carbonyl (C=O) groups is 3. The maximum Gasteiger partial charge on any atom is 0.408 e. The number of rotatable bonds is 8. The molecular weight excluding hydrogens is 382 g/mol. The van der Waals surface area contributed by atoms with Gasteiger partial charge in [-0.25, -0.2) is 9.59 Å². The smallest absolute Gasteiger partial charge is 0.408 e. The normalized spacial score (nSPS) is 12.5. The van der Waals surface area contributed by atoms with Crippen LogP contribution in [-0.4, -0.2) is 58.5 Å². The summed E-state index contributed by atoms with van der Waals surface area (Å²) in [6.45, 7) is 9.57. The van der Waals surface area contributed by atoms with Gasteiger partial charge in [0.1, 0.15) is 23.9 Å². The first-order valence-corrected chi connectivity index (χ1v) is 9.08. The lowest BCUT2D eigenvalue weighted by molar-refractivity contribution is -0.757. The molecule has 2 amide bonds. The zero-order valence-electron chi connectivity index (χ0n) is 16.3. The first kappa shape index (κ1) is 24.8. The number of hydrogen-bond donors (Lipinski definition) is 2. The summed E-state index contributed by atoms with van der Waals surface area (Å²) in [4.78, 5) is 50.1. The SMILES string of the molecule is CC(C)(C)OC(=O)N[C@@H](CSC(=O)OC(C)(C)C)C(=O)NCCO[N+](=O)[O-]. The van der Waals surface area contributed by atoms with E-state index in [2.05, 4.69) is 15.5 Å². The van der Waals surface area contributed by atoms with Gasteiger partial charge in [-0.3, -0.25) is 4.79 Å². The summed E-state index contributed by atoms with van der Waals surface area (Å²) in [5.74, 6) is -0.764. The Morgan fingerprint density at radius 2 is 1.63 bits per heavy atom. The van der Waals surface area contributed by atoms with Crippen molar-refractivity contribution >= 4 is 29.1 Å². The summed E-state index contributed by atoms with van der Waals surface area (Å²) < 4.78 is 10.2. The van der Waals surface area contributed by atoms with Gasteiger partial charge < -0.3 is 24.9 Å². The van der Waals surface area contributed by atoms with E-state index < -0.39 is 39.6 Å². The largest absolute Gasteiger partial charge is 0.452 e. The molecule has 156 valence electrons. The topological polar surface area (TPSA) is 146 Å². The molecule has 27 heavy (non-hydrogen) atoms. The summed E-state index contributed by atoms with van der Waals surface area (Å²) in [5.41, 5.74) is -1.47. The number of thioether (sulfide) groups is 1. The summed E-state index contributed by atoms with van der Waals surface area (Å²) in [6.07, 6.45) is -0.839. The van der Waals surface area contributed by atoms with Crippen molar-refractivity contribution in [2.75, 3.05) is 18.9 Å². The number of alkyl carbamates (subject to hydrolysis) is 1. The molecule has 0 aliphatic heterocycles. The number of carbonyl (C=O) groups excluding carboxylic acids is 3. The molecule has 0 aromatic heterocycles. The summed E-state index contributed by atoms with van der Waals surface area (Å²) in [6, 6.07) is -1.12. The van der Waals surface area contributed by atoms with Crippen molar-refractivity contribution in [2.45, 2.75) is 58.8 Å². The van der Waals surface area contributed by atoms with Gasteiger partial charge >= 0.3 is 11.4 Å². The van der Waals surface area contributed by atoms with Crippen LogP contribution in [0.15, 0.2) is 0 Å². The third kappa shape index (κ3) is 14.6. The Labute approximate surface area is 162 Å². The fraction of sp³-hybridized carbons (Fsp3) is 0.800. The van der Waals surface area contributed by atoms with Crippen LogP contribution in [0.25, 0.3) is 0 Å². The molecule has 0 aliphatic rings. The molecule has 0 saturated heterocycles. The Balaban J connectivity index is 4.78. The molecular formula is C15H27N3O8S. The molecule has 0 unspecified atom stereocenters. The summed E-state index contributed by atoms with van der Waals surface area (Å²) >= 11 is 0.712. The van der Waals surface area contributed by atoms with Crippen LogP contribution >= 0.6 is 11.8 Å². The molecule has 0 aromatic carbocycles. The Kier molecular flexibility index (Phi) is 9.90. The molecule has 0 fully saturated rings. The summed E-state index contributed by atoms with van der Waals surface area (Å²) in [5, 5.41) is 13.2. The summed E-state index contributed by atoms with van der Waals surface area (Å²) in [7, 11) is 0. The van der Waals surface area contributed by atoms with Gasteiger partial charge in [0.15, 0.2) is 0 Å². The highest BCUT2D eigenvalue weighted by atomic mass is 32.2. The highest BCUT2D eigenvalue weighted by molar-refractivity contribution is 8.13. The van der Waals surface area contributed by atoms with Crippen LogP contribution in [-0.2, 0) is 19.1 Å². The monoisotopic (exact) mass is 409 g/mol. The zero-order chi connectivity index (χ0) is 21.3. The first-order chi connectivity index (χ1) is 12.2. The highest BCUT2D eigenvalue weighted by Crippen LogP contribution is 2.16. The van der Waals surface area contributed by atoms with Crippen molar-refractivity contribution in [3.8, 4) is 0 Å². The maximum absolute atomic E-state index is 12.2. The Morgan fingerprint density at radius 1 is 1.07 bits per heavy atom. The average molecular weight is 409 g/mol. The minimum Gasteiger partial charge on any atom is -0.452 e. The van der Waals surface area contributed by atoms with Crippen LogP contribution in [0.2, 0.25) is 0 Å². The second-order valence-electron chi connectivity index (χ2n) is 7.32. The van der Waals surface area contributed by atoms with Crippen molar-refractivity contribution in [3.63, 3.8) is 0 Å². The zero-order valence-corrected chi connectivity index (χ0v) is 17.1. The van der Waals surface area contributed by atoms with Crippen molar-refractivity contribution in [1.82, 2.24) is 10.6 Å². The fourth-order valence-electron chi connectivity index (χ4n) is 1.48. The number of nitrogens with zero attached hydrogens (tertiary/aromatic N) is 1. The number of ether oxygens (including phenoxy) is 2. The quantitative estimate of drug-likeness (QED) is 0.265. The van der Waals surface area contributed by atoms with Crippen LogP contribution in [0.4, 0.5) is 9.59 Å². The number of hydrogen-bond acceptors (Lipinski definition) is 9. The molecule has 0 spiro atoms. The van der Waals surface area contributed by atoms with Gasteiger partial charge in [-0.05, 0) is 53.3 Å². The minimum atomic E-state index is -1.12. The third-order valence-electron chi connectivity index (χ3n) is 2.36. The van der Waals surface area contributed by atoms with Gasteiger partial charge in [-0.2, -0.15) is 0 Å². The molecule has 0 bridgehead atoms. The Morgan fingerprint density at radius 3 is 2.11 bits per heavy atom. The van der Waals surface area contributed by atoms with E-state index in [4.69, 9.17) is 9.47 Å². The van der Waals surface area contributed by atoms with Crippen molar-refractivity contribution in [2.24, 2.45) is 0 Å². The fourth-order valence-corrected chi connectivity index (χ4v) is 2.33. The van der Waals surface area contributed by atoms with Gasteiger partial charge in [0, 0.05) is 12.3 Å². The van der Waals surface area contributed by atoms with Gasteiger partial charge in [0.2, 0.25) is 5.91 Å². The van der Waals surface area contributed by atoms with Gasteiger partial charge in [-0.15, -0.1) is 10.1 Å². The van der Waals surface area contributed by atoms with E-state index in [-0.39, 0.29) is 18.9 Å². The van der Waals surface area contributed by atoms with Crippen LogP contribution in [0.1, 0.15) is 41.5 Å². The molecule has 0 heterocycles. The van der Waals surface area contributed by atoms with E-state index in [1.54, 1.807) is 41.5 Å².